The molecule has 0 fully saturated rings. The molecule has 1 heteroatoms. The molecule has 0 radical (unpaired) electrons. The molecule has 0 unspecified atom stereocenters. The molecule has 0 amide bonds. The van der Waals surface area contributed by atoms with Crippen LogP contribution in [0.15, 0.2) is 18.2 Å². The topological polar surface area (TPSA) is 12.9 Å². The van der Waals surface area contributed by atoms with Gasteiger partial charge in [0.2, 0.25) is 0 Å². The summed E-state index contributed by atoms with van der Waals surface area (Å²) in [6, 6.07) is 6.40. The lowest BCUT2D eigenvalue weighted by Crippen LogP contribution is -1.91. The summed E-state index contributed by atoms with van der Waals surface area (Å²) in [5.41, 5.74) is 6.23. The Kier molecular flexibility index (Phi) is 2.03. The Morgan fingerprint density at radius 2 is 1.64 bits per heavy atom. The smallest absolute Gasteiger partial charge is 0.0710 e. The molecule has 0 N–H and O–H groups in total. The number of fused-ring (bicyclic) bond motifs is 1. The maximum Gasteiger partial charge on any atom is 0.0710 e. The van der Waals surface area contributed by atoms with Crippen molar-refractivity contribution in [1.29, 1.82) is 0 Å². The van der Waals surface area contributed by atoms with Crippen LogP contribution in [0, 0.1) is 27.7 Å². The average Bonchev–Trinajstić information content (AvgIpc) is 2.10. The first kappa shape index (κ1) is 9.20. The zero-order chi connectivity index (χ0) is 10.3. The molecule has 1 aromatic carbocycles. The lowest BCUT2D eigenvalue weighted by molar-refractivity contribution is 1.22. The van der Waals surface area contributed by atoms with Crippen LogP contribution in [-0.4, -0.2) is 4.98 Å². The van der Waals surface area contributed by atoms with Crippen LogP contribution >= 0.6 is 0 Å². The molecule has 2 aromatic rings. The Labute approximate surface area is 84.8 Å². The molecular formula is C13H15N. The number of aryl methyl sites for hydroxylation is 4. The molecule has 1 nitrogen and oxygen atoms in total. The van der Waals surface area contributed by atoms with Crippen molar-refractivity contribution < 1.29 is 0 Å². The van der Waals surface area contributed by atoms with Crippen molar-refractivity contribution in [3.63, 3.8) is 0 Å². The van der Waals surface area contributed by atoms with Gasteiger partial charge in [0.05, 0.1) is 5.52 Å². The molecule has 1 heterocycles. The first-order valence-corrected chi connectivity index (χ1v) is 4.94. The van der Waals surface area contributed by atoms with Gasteiger partial charge in [-0.25, -0.2) is 0 Å². The fourth-order valence-electron chi connectivity index (χ4n) is 2.00. The fourth-order valence-corrected chi connectivity index (χ4v) is 2.00. The molecular weight excluding hydrogens is 170 g/mol. The minimum Gasteiger partial charge on any atom is -0.253 e. The van der Waals surface area contributed by atoms with Crippen LogP contribution in [0.2, 0.25) is 0 Å². The lowest BCUT2D eigenvalue weighted by Gasteiger charge is -2.08. The van der Waals surface area contributed by atoms with E-state index in [9.17, 15) is 0 Å². The van der Waals surface area contributed by atoms with Gasteiger partial charge in [-0.1, -0.05) is 6.07 Å². The second kappa shape index (κ2) is 3.09. The predicted molar refractivity (Wildman–Crippen MR) is 60.7 cm³/mol. The van der Waals surface area contributed by atoms with Gasteiger partial charge in [-0.2, -0.15) is 0 Å². The molecule has 1 aromatic heterocycles. The van der Waals surface area contributed by atoms with E-state index in [4.69, 9.17) is 0 Å². The third kappa shape index (κ3) is 1.29. The summed E-state index contributed by atoms with van der Waals surface area (Å²) in [5, 5.41) is 1.32. The second-order valence-corrected chi connectivity index (χ2v) is 3.98. The van der Waals surface area contributed by atoms with E-state index >= 15 is 0 Å². The van der Waals surface area contributed by atoms with Crippen LogP contribution < -0.4 is 0 Å². The predicted octanol–water partition coefficient (Wildman–Crippen LogP) is 3.47. The third-order valence-electron chi connectivity index (χ3n) is 2.83. The second-order valence-electron chi connectivity index (χ2n) is 3.98. The largest absolute Gasteiger partial charge is 0.253 e. The minimum absolute atomic E-state index is 1.10. The third-order valence-corrected chi connectivity index (χ3v) is 2.83. The average molecular weight is 185 g/mol. The van der Waals surface area contributed by atoms with Crippen molar-refractivity contribution in [2.45, 2.75) is 27.7 Å². The summed E-state index contributed by atoms with van der Waals surface area (Å²) in [6.45, 7) is 8.51. The molecule has 2 rings (SSSR count). The number of hydrogen-bond donors (Lipinski definition) is 0. The number of rotatable bonds is 0. The van der Waals surface area contributed by atoms with E-state index < -0.39 is 0 Å². The first-order valence-electron chi connectivity index (χ1n) is 4.94. The van der Waals surface area contributed by atoms with Gasteiger partial charge in [-0.3, -0.25) is 4.98 Å². The van der Waals surface area contributed by atoms with Gasteiger partial charge in [0, 0.05) is 11.1 Å². The summed E-state index contributed by atoms with van der Waals surface area (Å²) in [5.74, 6) is 0. The fraction of sp³-hybridized carbons (Fsp3) is 0.308. The molecule has 0 aliphatic heterocycles. The van der Waals surface area contributed by atoms with Gasteiger partial charge in [0.15, 0.2) is 0 Å². The van der Waals surface area contributed by atoms with Crippen LogP contribution in [0.25, 0.3) is 10.9 Å². The molecule has 0 atom stereocenters. The van der Waals surface area contributed by atoms with Crippen molar-refractivity contribution in [3.8, 4) is 0 Å². The van der Waals surface area contributed by atoms with Crippen LogP contribution in [0.4, 0.5) is 0 Å². The summed E-state index contributed by atoms with van der Waals surface area (Å²) in [6.07, 6.45) is 0. The lowest BCUT2D eigenvalue weighted by atomic mass is 10.00. The molecule has 0 bridgehead atoms. The molecule has 72 valence electrons. The number of aromatic nitrogens is 1. The van der Waals surface area contributed by atoms with E-state index in [2.05, 4.69) is 44.0 Å². The maximum atomic E-state index is 4.54. The van der Waals surface area contributed by atoms with Crippen LogP contribution in [-0.2, 0) is 0 Å². The highest BCUT2D eigenvalue weighted by Crippen LogP contribution is 2.23. The Hall–Kier alpha value is -1.37. The van der Waals surface area contributed by atoms with Crippen molar-refractivity contribution in [1.82, 2.24) is 4.98 Å². The Balaban J connectivity index is 2.95. The quantitative estimate of drug-likeness (QED) is 0.612. The minimum atomic E-state index is 1.10. The molecule has 0 saturated carbocycles. The summed E-state index contributed by atoms with van der Waals surface area (Å²) in [4.78, 5) is 4.54. The van der Waals surface area contributed by atoms with Gasteiger partial charge in [-0.05, 0) is 56.5 Å². The number of hydrogen-bond acceptors (Lipinski definition) is 1. The Bertz CT molecular complexity index is 498. The van der Waals surface area contributed by atoms with E-state index in [1.165, 1.54) is 22.1 Å². The molecule has 14 heavy (non-hydrogen) atoms. The highest BCUT2D eigenvalue weighted by Gasteiger charge is 2.04. The standard InChI is InChI=1S/C13H15N/c1-8-5-6-12-13(11(8)4)9(2)7-10(3)14-12/h5-7H,1-4H3. The van der Waals surface area contributed by atoms with Crippen molar-refractivity contribution >= 4 is 10.9 Å². The molecule has 0 aliphatic carbocycles. The van der Waals surface area contributed by atoms with E-state index in [1.54, 1.807) is 0 Å². The van der Waals surface area contributed by atoms with E-state index in [1.807, 2.05) is 6.92 Å². The summed E-state index contributed by atoms with van der Waals surface area (Å²) >= 11 is 0. The maximum absolute atomic E-state index is 4.54. The number of pyridine rings is 1. The normalized spacial score (nSPS) is 10.9. The van der Waals surface area contributed by atoms with Crippen molar-refractivity contribution in [2.75, 3.05) is 0 Å². The van der Waals surface area contributed by atoms with Gasteiger partial charge in [-0.15, -0.1) is 0 Å². The van der Waals surface area contributed by atoms with Crippen molar-refractivity contribution in [2.24, 2.45) is 0 Å². The molecule has 0 spiro atoms. The van der Waals surface area contributed by atoms with E-state index in [0.29, 0.717) is 0 Å². The van der Waals surface area contributed by atoms with Gasteiger partial charge in [0.1, 0.15) is 0 Å². The highest BCUT2D eigenvalue weighted by atomic mass is 14.7. The number of benzene rings is 1. The van der Waals surface area contributed by atoms with Gasteiger partial charge >= 0.3 is 0 Å². The van der Waals surface area contributed by atoms with E-state index in [0.717, 1.165) is 11.2 Å². The highest BCUT2D eigenvalue weighted by molar-refractivity contribution is 5.86. The summed E-state index contributed by atoms with van der Waals surface area (Å²) in [7, 11) is 0. The Morgan fingerprint density at radius 1 is 0.929 bits per heavy atom. The van der Waals surface area contributed by atoms with Crippen LogP contribution in [0.1, 0.15) is 22.4 Å². The van der Waals surface area contributed by atoms with Crippen LogP contribution in [0.5, 0.6) is 0 Å². The monoisotopic (exact) mass is 185 g/mol. The number of nitrogens with zero attached hydrogens (tertiary/aromatic N) is 1. The van der Waals surface area contributed by atoms with Gasteiger partial charge in [0.25, 0.3) is 0 Å². The van der Waals surface area contributed by atoms with E-state index in [-0.39, 0.29) is 0 Å². The first-order chi connectivity index (χ1) is 6.59. The van der Waals surface area contributed by atoms with Crippen LogP contribution in [0.3, 0.4) is 0 Å². The SMILES string of the molecule is Cc1cc(C)c2c(C)c(C)ccc2n1. The molecule has 0 saturated heterocycles. The summed E-state index contributed by atoms with van der Waals surface area (Å²) < 4.78 is 0. The molecule has 0 aliphatic rings. The zero-order valence-corrected chi connectivity index (χ0v) is 9.18. The van der Waals surface area contributed by atoms with Crippen molar-refractivity contribution in [3.05, 3.63) is 40.6 Å². The Morgan fingerprint density at radius 3 is 2.36 bits per heavy atom. The van der Waals surface area contributed by atoms with Gasteiger partial charge < -0.3 is 0 Å². The zero-order valence-electron chi connectivity index (χ0n) is 9.18.